The van der Waals surface area contributed by atoms with E-state index in [-0.39, 0.29) is 12.1 Å². The second kappa shape index (κ2) is 3.48. The summed E-state index contributed by atoms with van der Waals surface area (Å²) in [5, 5.41) is 9.63. The molecule has 5 heteroatoms. The monoisotopic (exact) mass is 318 g/mol. The maximum absolute atomic E-state index is 9.63. The first-order valence-electron chi connectivity index (χ1n) is 4.97. The van der Waals surface area contributed by atoms with Crippen LogP contribution >= 0.6 is 22.6 Å². The lowest BCUT2D eigenvalue weighted by atomic mass is 10.2. The van der Waals surface area contributed by atoms with Crippen molar-refractivity contribution in [2.75, 3.05) is 18.1 Å². The molecular formula is C10H11IN2O2. The van der Waals surface area contributed by atoms with E-state index < -0.39 is 0 Å². The lowest BCUT2D eigenvalue weighted by Gasteiger charge is -2.32. The first-order valence-corrected chi connectivity index (χ1v) is 6.05. The van der Waals surface area contributed by atoms with Crippen LogP contribution in [0.15, 0.2) is 12.3 Å². The average molecular weight is 318 g/mol. The number of hydrogen-bond acceptors (Lipinski definition) is 4. The van der Waals surface area contributed by atoms with Gasteiger partial charge in [-0.05, 0) is 35.1 Å². The SMILES string of the molecule is OC1CC2COc3c(I)ccnc3N2C1. The van der Waals surface area contributed by atoms with Crippen LogP contribution in [0.1, 0.15) is 6.42 Å². The highest BCUT2D eigenvalue weighted by Crippen LogP contribution is 2.38. The summed E-state index contributed by atoms with van der Waals surface area (Å²) in [5.41, 5.74) is 0. The van der Waals surface area contributed by atoms with Crippen LogP contribution in [-0.4, -0.2) is 35.4 Å². The van der Waals surface area contributed by atoms with E-state index >= 15 is 0 Å². The third kappa shape index (κ3) is 1.48. The van der Waals surface area contributed by atoms with Crippen molar-refractivity contribution in [3.05, 3.63) is 15.8 Å². The standard InChI is InChI=1S/C10H11IN2O2/c11-8-1-2-12-10-9(8)15-5-6-3-7(14)4-13(6)10/h1-2,6-7,14H,3-5H2. The van der Waals surface area contributed by atoms with Gasteiger partial charge in [-0.2, -0.15) is 0 Å². The Morgan fingerprint density at radius 2 is 2.47 bits per heavy atom. The molecule has 15 heavy (non-hydrogen) atoms. The molecule has 2 aliphatic heterocycles. The van der Waals surface area contributed by atoms with Crippen LogP contribution in [0.25, 0.3) is 0 Å². The zero-order valence-electron chi connectivity index (χ0n) is 8.06. The Morgan fingerprint density at radius 1 is 1.60 bits per heavy atom. The van der Waals surface area contributed by atoms with Gasteiger partial charge in [0.15, 0.2) is 11.6 Å². The van der Waals surface area contributed by atoms with Gasteiger partial charge in [0.2, 0.25) is 0 Å². The molecule has 0 bridgehead atoms. The highest BCUT2D eigenvalue weighted by atomic mass is 127. The van der Waals surface area contributed by atoms with Gasteiger partial charge < -0.3 is 14.7 Å². The second-order valence-electron chi connectivity index (χ2n) is 3.95. The fraction of sp³-hybridized carbons (Fsp3) is 0.500. The average Bonchev–Trinajstić information content (AvgIpc) is 2.59. The number of pyridine rings is 1. The van der Waals surface area contributed by atoms with Gasteiger partial charge in [0, 0.05) is 12.7 Å². The third-order valence-corrected chi connectivity index (χ3v) is 3.77. The molecule has 0 radical (unpaired) electrons. The van der Waals surface area contributed by atoms with Crippen LogP contribution in [0.5, 0.6) is 5.75 Å². The lowest BCUT2D eigenvalue weighted by Crippen LogP contribution is -2.39. The van der Waals surface area contributed by atoms with Gasteiger partial charge in [-0.1, -0.05) is 0 Å². The highest BCUT2D eigenvalue weighted by molar-refractivity contribution is 14.1. The van der Waals surface area contributed by atoms with Crippen molar-refractivity contribution >= 4 is 28.4 Å². The summed E-state index contributed by atoms with van der Waals surface area (Å²) in [6.07, 6.45) is 2.33. The molecule has 3 heterocycles. The Bertz CT molecular complexity index is 399. The Labute approximate surface area is 101 Å². The number of aliphatic hydroxyl groups excluding tert-OH is 1. The van der Waals surface area contributed by atoms with Crippen molar-refractivity contribution in [2.45, 2.75) is 18.6 Å². The number of ether oxygens (including phenoxy) is 1. The molecule has 1 saturated heterocycles. The molecule has 2 atom stereocenters. The van der Waals surface area contributed by atoms with Gasteiger partial charge in [0.1, 0.15) is 6.61 Å². The summed E-state index contributed by atoms with van der Waals surface area (Å²) in [4.78, 5) is 6.50. The normalized spacial score (nSPS) is 28.3. The van der Waals surface area contributed by atoms with E-state index in [2.05, 4.69) is 32.5 Å². The van der Waals surface area contributed by atoms with Crippen LogP contribution in [0.3, 0.4) is 0 Å². The third-order valence-electron chi connectivity index (χ3n) is 2.92. The van der Waals surface area contributed by atoms with Gasteiger partial charge in [-0.25, -0.2) is 4.98 Å². The van der Waals surface area contributed by atoms with Crippen molar-refractivity contribution in [2.24, 2.45) is 0 Å². The number of aliphatic hydroxyl groups is 1. The molecule has 2 unspecified atom stereocenters. The topological polar surface area (TPSA) is 45.6 Å². The molecular weight excluding hydrogens is 307 g/mol. The van der Waals surface area contributed by atoms with Gasteiger partial charge >= 0.3 is 0 Å². The Balaban J connectivity index is 2.05. The van der Waals surface area contributed by atoms with Crippen LogP contribution < -0.4 is 9.64 Å². The molecule has 0 saturated carbocycles. The second-order valence-corrected chi connectivity index (χ2v) is 5.11. The number of aromatic nitrogens is 1. The minimum absolute atomic E-state index is 0.246. The smallest absolute Gasteiger partial charge is 0.175 e. The molecule has 1 fully saturated rings. The summed E-state index contributed by atoms with van der Waals surface area (Å²) in [5.74, 6) is 1.75. The van der Waals surface area contributed by atoms with Crippen molar-refractivity contribution in [1.82, 2.24) is 4.98 Å². The van der Waals surface area contributed by atoms with Crippen molar-refractivity contribution in [3.8, 4) is 5.75 Å². The largest absolute Gasteiger partial charge is 0.486 e. The Hall–Kier alpha value is -0.560. The summed E-state index contributed by atoms with van der Waals surface area (Å²) in [6, 6.07) is 2.23. The summed E-state index contributed by atoms with van der Waals surface area (Å²) < 4.78 is 6.77. The maximum atomic E-state index is 9.63. The molecule has 1 aromatic heterocycles. The van der Waals surface area contributed by atoms with Crippen LogP contribution in [0.2, 0.25) is 0 Å². The van der Waals surface area contributed by atoms with E-state index in [9.17, 15) is 5.11 Å². The fourth-order valence-electron chi connectivity index (χ4n) is 2.24. The van der Waals surface area contributed by atoms with E-state index in [1.54, 1.807) is 6.20 Å². The van der Waals surface area contributed by atoms with Crippen molar-refractivity contribution in [3.63, 3.8) is 0 Å². The van der Waals surface area contributed by atoms with Crippen molar-refractivity contribution in [1.29, 1.82) is 0 Å². The van der Waals surface area contributed by atoms with Gasteiger partial charge in [-0.15, -0.1) is 0 Å². The van der Waals surface area contributed by atoms with Crippen LogP contribution in [-0.2, 0) is 0 Å². The number of anilines is 1. The minimum Gasteiger partial charge on any atom is -0.486 e. The zero-order valence-corrected chi connectivity index (χ0v) is 10.2. The predicted octanol–water partition coefficient (Wildman–Crippen LogP) is 1.02. The number of halogens is 1. The molecule has 1 N–H and O–H groups in total. The Kier molecular flexibility index (Phi) is 2.24. The Morgan fingerprint density at radius 3 is 3.33 bits per heavy atom. The molecule has 0 amide bonds. The lowest BCUT2D eigenvalue weighted by molar-refractivity contribution is 0.187. The number of nitrogens with zero attached hydrogens (tertiary/aromatic N) is 2. The van der Waals surface area contributed by atoms with E-state index in [0.717, 1.165) is 21.6 Å². The molecule has 2 aliphatic rings. The molecule has 0 aliphatic carbocycles. The molecule has 0 aromatic carbocycles. The van der Waals surface area contributed by atoms with Gasteiger partial charge in [0.25, 0.3) is 0 Å². The summed E-state index contributed by atoms with van der Waals surface area (Å²) in [6.45, 7) is 1.33. The van der Waals surface area contributed by atoms with E-state index in [1.807, 2.05) is 6.07 Å². The van der Waals surface area contributed by atoms with Crippen LogP contribution in [0.4, 0.5) is 5.82 Å². The minimum atomic E-state index is -0.246. The van der Waals surface area contributed by atoms with Crippen molar-refractivity contribution < 1.29 is 9.84 Å². The van der Waals surface area contributed by atoms with E-state index in [0.29, 0.717) is 13.2 Å². The molecule has 80 valence electrons. The van der Waals surface area contributed by atoms with E-state index in [1.165, 1.54) is 0 Å². The highest BCUT2D eigenvalue weighted by Gasteiger charge is 2.37. The molecule has 1 aromatic rings. The molecule has 0 spiro atoms. The number of rotatable bonds is 0. The predicted molar refractivity (Wildman–Crippen MR) is 64.2 cm³/mol. The fourth-order valence-corrected chi connectivity index (χ4v) is 2.80. The van der Waals surface area contributed by atoms with E-state index in [4.69, 9.17) is 4.74 Å². The quantitative estimate of drug-likeness (QED) is 0.726. The number of fused-ring (bicyclic) bond motifs is 3. The number of hydrogen-bond donors (Lipinski definition) is 1. The summed E-state index contributed by atoms with van der Waals surface area (Å²) in [7, 11) is 0. The first kappa shape index (κ1) is 9.65. The summed E-state index contributed by atoms with van der Waals surface area (Å²) >= 11 is 2.25. The maximum Gasteiger partial charge on any atom is 0.175 e. The zero-order chi connectivity index (χ0) is 10.4. The first-order chi connectivity index (χ1) is 7.25. The van der Waals surface area contributed by atoms with Crippen LogP contribution in [0, 0.1) is 3.57 Å². The van der Waals surface area contributed by atoms with Gasteiger partial charge in [-0.3, -0.25) is 0 Å². The molecule has 4 nitrogen and oxygen atoms in total. The van der Waals surface area contributed by atoms with Gasteiger partial charge in [0.05, 0.1) is 15.7 Å². The molecule has 3 rings (SSSR count).